The maximum atomic E-state index is 12.0. The number of amides is 2. The van der Waals surface area contributed by atoms with Gasteiger partial charge in [0, 0.05) is 30.2 Å². The number of anilines is 2. The molecule has 0 saturated heterocycles. The molecule has 0 aliphatic rings. The van der Waals surface area contributed by atoms with E-state index in [0.29, 0.717) is 29.3 Å². The molecule has 0 unspecified atom stereocenters. The second-order valence-electron chi connectivity index (χ2n) is 5.42. The summed E-state index contributed by atoms with van der Waals surface area (Å²) in [5.74, 6) is 0.0879. The van der Waals surface area contributed by atoms with E-state index in [1.807, 2.05) is 13.8 Å². The first-order chi connectivity index (χ1) is 10.5. The van der Waals surface area contributed by atoms with Crippen LogP contribution in [-0.4, -0.2) is 16.8 Å². The molecule has 0 aliphatic heterocycles. The van der Waals surface area contributed by atoms with Crippen LogP contribution in [0, 0.1) is 5.92 Å². The van der Waals surface area contributed by atoms with Crippen LogP contribution in [0.15, 0.2) is 48.8 Å². The molecule has 0 atom stereocenters. The van der Waals surface area contributed by atoms with Crippen molar-refractivity contribution in [1.82, 2.24) is 4.98 Å². The molecule has 2 aromatic rings. The summed E-state index contributed by atoms with van der Waals surface area (Å²) in [5, 5.41) is 5.60. The van der Waals surface area contributed by atoms with Gasteiger partial charge in [-0.15, -0.1) is 0 Å². The molecule has 0 saturated carbocycles. The van der Waals surface area contributed by atoms with E-state index in [4.69, 9.17) is 0 Å². The molecular weight excluding hydrogens is 278 g/mol. The van der Waals surface area contributed by atoms with E-state index in [9.17, 15) is 9.59 Å². The van der Waals surface area contributed by atoms with Gasteiger partial charge in [-0.3, -0.25) is 14.6 Å². The largest absolute Gasteiger partial charge is 0.326 e. The fourth-order valence-corrected chi connectivity index (χ4v) is 1.92. The summed E-state index contributed by atoms with van der Waals surface area (Å²) >= 11 is 0. The number of pyridine rings is 1. The molecule has 2 amide bonds. The number of nitrogens with zero attached hydrogens (tertiary/aromatic N) is 1. The van der Waals surface area contributed by atoms with Crippen molar-refractivity contribution in [2.75, 3.05) is 10.6 Å². The predicted octanol–water partition coefficient (Wildman–Crippen LogP) is 3.32. The predicted molar refractivity (Wildman–Crippen MR) is 86.7 cm³/mol. The number of carbonyl (C=O) groups excluding carboxylic acids is 2. The number of hydrogen-bond acceptors (Lipinski definition) is 3. The molecular formula is C17H19N3O2. The summed E-state index contributed by atoms with van der Waals surface area (Å²) < 4.78 is 0. The van der Waals surface area contributed by atoms with E-state index < -0.39 is 0 Å². The Morgan fingerprint density at radius 3 is 2.23 bits per heavy atom. The molecule has 2 rings (SSSR count). The van der Waals surface area contributed by atoms with Gasteiger partial charge < -0.3 is 10.6 Å². The van der Waals surface area contributed by atoms with E-state index in [2.05, 4.69) is 15.6 Å². The molecule has 0 spiro atoms. The van der Waals surface area contributed by atoms with Crippen LogP contribution in [0.1, 0.15) is 30.6 Å². The van der Waals surface area contributed by atoms with Crippen molar-refractivity contribution in [3.8, 4) is 0 Å². The van der Waals surface area contributed by atoms with Crippen molar-refractivity contribution in [1.29, 1.82) is 0 Å². The summed E-state index contributed by atoms with van der Waals surface area (Å²) in [4.78, 5) is 27.6. The first-order valence-corrected chi connectivity index (χ1v) is 7.16. The number of aromatic nitrogens is 1. The molecule has 114 valence electrons. The average molecular weight is 297 g/mol. The fourth-order valence-electron chi connectivity index (χ4n) is 1.92. The number of benzene rings is 1. The molecule has 0 radical (unpaired) electrons. The molecule has 5 heteroatoms. The highest BCUT2D eigenvalue weighted by Crippen LogP contribution is 2.15. The Hall–Kier alpha value is -2.69. The van der Waals surface area contributed by atoms with Gasteiger partial charge in [0.2, 0.25) is 5.91 Å². The summed E-state index contributed by atoms with van der Waals surface area (Å²) in [6, 6.07) is 10.4. The van der Waals surface area contributed by atoms with Crippen LogP contribution in [-0.2, 0) is 4.79 Å². The molecule has 1 aromatic heterocycles. The van der Waals surface area contributed by atoms with Crippen LogP contribution in [0.25, 0.3) is 0 Å². The monoisotopic (exact) mass is 297 g/mol. The Labute approximate surface area is 129 Å². The topological polar surface area (TPSA) is 71.1 Å². The lowest BCUT2D eigenvalue weighted by atomic mass is 10.1. The third-order valence-corrected chi connectivity index (χ3v) is 2.94. The molecule has 2 N–H and O–H groups in total. The Morgan fingerprint density at radius 2 is 1.68 bits per heavy atom. The van der Waals surface area contributed by atoms with Gasteiger partial charge >= 0.3 is 0 Å². The zero-order valence-corrected chi connectivity index (χ0v) is 12.7. The minimum absolute atomic E-state index is 0.0119. The quantitative estimate of drug-likeness (QED) is 0.889. The van der Waals surface area contributed by atoms with Crippen LogP contribution >= 0.6 is 0 Å². The first-order valence-electron chi connectivity index (χ1n) is 7.16. The minimum atomic E-state index is -0.218. The highest BCUT2D eigenvalue weighted by Gasteiger charge is 2.07. The molecule has 0 fully saturated rings. The van der Waals surface area contributed by atoms with Crippen LogP contribution in [0.3, 0.4) is 0 Å². The Balaban J connectivity index is 1.95. The average Bonchev–Trinajstić information content (AvgIpc) is 2.49. The van der Waals surface area contributed by atoms with Gasteiger partial charge in [0.05, 0.1) is 5.56 Å². The van der Waals surface area contributed by atoms with Gasteiger partial charge in [0.1, 0.15) is 0 Å². The van der Waals surface area contributed by atoms with E-state index in [-0.39, 0.29) is 11.8 Å². The van der Waals surface area contributed by atoms with Crippen molar-refractivity contribution in [3.05, 3.63) is 54.4 Å². The molecule has 0 bridgehead atoms. The van der Waals surface area contributed by atoms with Crippen molar-refractivity contribution in [2.45, 2.75) is 20.3 Å². The molecule has 22 heavy (non-hydrogen) atoms. The molecule has 0 aliphatic carbocycles. The smallest absolute Gasteiger partial charge is 0.257 e. The molecule has 1 aromatic carbocycles. The maximum absolute atomic E-state index is 12.0. The maximum Gasteiger partial charge on any atom is 0.257 e. The van der Waals surface area contributed by atoms with Crippen LogP contribution < -0.4 is 10.6 Å². The lowest BCUT2D eigenvalue weighted by Crippen LogP contribution is -2.14. The van der Waals surface area contributed by atoms with Crippen LogP contribution in [0.2, 0.25) is 0 Å². The van der Waals surface area contributed by atoms with Gasteiger partial charge in [-0.05, 0) is 42.3 Å². The SMILES string of the molecule is CC(C)CC(=O)Nc1ccc(NC(=O)c2cccnc2)cc1. The van der Waals surface area contributed by atoms with E-state index >= 15 is 0 Å². The summed E-state index contributed by atoms with van der Waals surface area (Å²) in [5.41, 5.74) is 1.87. The standard InChI is InChI=1S/C17H19N3O2/c1-12(2)10-16(21)19-14-5-7-15(8-6-14)20-17(22)13-4-3-9-18-11-13/h3-9,11-12H,10H2,1-2H3,(H,19,21)(H,20,22). The van der Waals surface area contributed by atoms with Crippen molar-refractivity contribution < 1.29 is 9.59 Å². The molecule has 1 heterocycles. The number of rotatable bonds is 5. The van der Waals surface area contributed by atoms with Crippen molar-refractivity contribution >= 4 is 23.2 Å². The van der Waals surface area contributed by atoms with Gasteiger partial charge in [-0.1, -0.05) is 13.8 Å². The minimum Gasteiger partial charge on any atom is -0.326 e. The Kier molecular flexibility index (Phi) is 5.25. The van der Waals surface area contributed by atoms with Gasteiger partial charge in [-0.25, -0.2) is 0 Å². The molecule has 5 nitrogen and oxygen atoms in total. The van der Waals surface area contributed by atoms with Gasteiger partial charge in [0.15, 0.2) is 0 Å². The normalized spacial score (nSPS) is 10.3. The van der Waals surface area contributed by atoms with E-state index in [1.54, 1.807) is 42.6 Å². The first kappa shape index (κ1) is 15.7. The zero-order valence-electron chi connectivity index (χ0n) is 12.7. The lowest BCUT2D eigenvalue weighted by Gasteiger charge is -2.09. The summed E-state index contributed by atoms with van der Waals surface area (Å²) in [7, 11) is 0. The number of nitrogens with one attached hydrogen (secondary N) is 2. The van der Waals surface area contributed by atoms with Gasteiger partial charge in [-0.2, -0.15) is 0 Å². The summed E-state index contributed by atoms with van der Waals surface area (Å²) in [6.07, 6.45) is 3.61. The van der Waals surface area contributed by atoms with Crippen molar-refractivity contribution in [3.63, 3.8) is 0 Å². The van der Waals surface area contributed by atoms with Gasteiger partial charge in [0.25, 0.3) is 5.91 Å². The number of carbonyl (C=O) groups is 2. The van der Waals surface area contributed by atoms with Crippen LogP contribution in [0.4, 0.5) is 11.4 Å². The Morgan fingerprint density at radius 1 is 1.05 bits per heavy atom. The highest BCUT2D eigenvalue weighted by molar-refractivity contribution is 6.04. The fraction of sp³-hybridized carbons (Fsp3) is 0.235. The second-order valence-corrected chi connectivity index (χ2v) is 5.42. The Bertz CT molecular complexity index is 637. The van der Waals surface area contributed by atoms with Crippen LogP contribution in [0.5, 0.6) is 0 Å². The third-order valence-electron chi connectivity index (χ3n) is 2.94. The summed E-state index contributed by atoms with van der Waals surface area (Å²) in [6.45, 7) is 3.99. The zero-order chi connectivity index (χ0) is 15.9. The number of hydrogen-bond donors (Lipinski definition) is 2. The second kappa shape index (κ2) is 7.36. The highest BCUT2D eigenvalue weighted by atomic mass is 16.2. The lowest BCUT2D eigenvalue weighted by molar-refractivity contribution is -0.116. The third kappa shape index (κ3) is 4.70. The van der Waals surface area contributed by atoms with Crippen molar-refractivity contribution in [2.24, 2.45) is 5.92 Å². The van der Waals surface area contributed by atoms with E-state index in [1.165, 1.54) is 6.20 Å². The van der Waals surface area contributed by atoms with E-state index in [0.717, 1.165) is 0 Å².